The number of anilines is 1. The summed E-state index contributed by atoms with van der Waals surface area (Å²) in [6, 6.07) is 3.25. The molecule has 1 amide bonds. The van der Waals surface area contributed by atoms with Gasteiger partial charge in [-0.05, 0) is 25.5 Å². The fourth-order valence-corrected chi connectivity index (χ4v) is 1.94. The summed E-state index contributed by atoms with van der Waals surface area (Å²) in [5, 5.41) is 10.7. The Hall–Kier alpha value is -1.73. The number of ether oxygens (including phenoxy) is 1. The van der Waals surface area contributed by atoms with E-state index in [0.29, 0.717) is 12.4 Å². The predicted octanol–water partition coefficient (Wildman–Crippen LogP) is -0.508. The first kappa shape index (κ1) is 12.7. The molecule has 0 aliphatic heterocycles. The first-order valence-corrected chi connectivity index (χ1v) is 5.89. The minimum Gasteiger partial charge on any atom is -0.376 e. The molecule has 18 heavy (non-hydrogen) atoms. The zero-order valence-corrected chi connectivity index (χ0v) is 10.2. The second-order valence-electron chi connectivity index (χ2n) is 4.23. The summed E-state index contributed by atoms with van der Waals surface area (Å²) in [4.78, 5) is 10.9. The van der Waals surface area contributed by atoms with Crippen LogP contribution in [0.3, 0.4) is 0 Å². The molecule has 1 heterocycles. The van der Waals surface area contributed by atoms with Crippen molar-refractivity contribution in [2.45, 2.75) is 31.5 Å². The molecule has 1 aliphatic rings. The Balaban J connectivity index is 1.98. The highest BCUT2D eigenvalue weighted by molar-refractivity contribution is 5.90. The van der Waals surface area contributed by atoms with Gasteiger partial charge in [0.05, 0.1) is 12.1 Å². The van der Waals surface area contributed by atoms with E-state index in [-0.39, 0.29) is 23.9 Å². The first-order chi connectivity index (χ1) is 8.61. The lowest BCUT2D eigenvalue weighted by molar-refractivity contribution is -0.0127. The van der Waals surface area contributed by atoms with Gasteiger partial charge in [0.25, 0.3) is 5.91 Å². The van der Waals surface area contributed by atoms with Gasteiger partial charge < -0.3 is 21.5 Å². The molecule has 98 valence electrons. The van der Waals surface area contributed by atoms with Crippen LogP contribution in [0.1, 0.15) is 23.8 Å². The van der Waals surface area contributed by atoms with Crippen molar-refractivity contribution in [2.24, 2.45) is 11.5 Å². The molecule has 3 atom stereocenters. The number of hydrogen-bond acceptors (Lipinski definition) is 6. The third-order valence-corrected chi connectivity index (χ3v) is 2.98. The molecule has 1 aromatic heterocycles. The lowest BCUT2D eigenvalue weighted by atomic mass is 9.83. The number of hydrogen-bond donors (Lipinski definition) is 3. The highest BCUT2D eigenvalue weighted by atomic mass is 16.5. The van der Waals surface area contributed by atoms with Crippen LogP contribution in [0.2, 0.25) is 0 Å². The first-order valence-electron chi connectivity index (χ1n) is 5.89. The molecule has 3 unspecified atom stereocenters. The van der Waals surface area contributed by atoms with Crippen LogP contribution in [0.4, 0.5) is 5.82 Å². The molecule has 1 fully saturated rings. The van der Waals surface area contributed by atoms with Gasteiger partial charge >= 0.3 is 0 Å². The van der Waals surface area contributed by atoms with Crippen molar-refractivity contribution in [3.63, 3.8) is 0 Å². The van der Waals surface area contributed by atoms with Crippen LogP contribution in [-0.2, 0) is 4.74 Å². The number of carbonyl (C=O) groups is 1. The molecule has 0 spiro atoms. The average Bonchev–Trinajstić information content (AvgIpc) is 2.36. The summed E-state index contributed by atoms with van der Waals surface area (Å²) in [6.45, 7) is 2.60. The maximum Gasteiger partial charge on any atom is 0.269 e. The Bertz CT molecular complexity index is 420. The van der Waals surface area contributed by atoms with Crippen LogP contribution >= 0.6 is 0 Å². The molecule has 7 nitrogen and oxygen atoms in total. The number of nitrogens with two attached hydrogens (primary N) is 2. The quantitative estimate of drug-likeness (QED) is 0.649. The minimum atomic E-state index is -0.596. The Kier molecular flexibility index (Phi) is 3.73. The topological polar surface area (TPSA) is 116 Å². The smallest absolute Gasteiger partial charge is 0.269 e. The Morgan fingerprint density at radius 2 is 2.33 bits per heavy atom. The second kappa shape index (κ2) is 5.28. The maximum absolute atomic E-state index is 10.9. The molecule has 0 radical (unpaired) electrons. The normalized spacial score (nSPS) is 26.4. The second-order valence-corrected chi connectivity index (χ2v) is 4.23. The summed E-state index contributed by atoms with van der Waals surface area (Å²) >= 11 is 0. The van der Waals surface area contributed by atoms with E-state index < -0.39 is 5.91 Å². The van der Waals surface area contributed by atoms with Gasteiger partial charge in [0.15, 0.2) is 5.69 Å². The summed E-state index contributed by atoms with van der Waals surface area (Å²) in [7, 11) is 0. The number of nitrogens with zero attached hydrogens (tertiary/aromatic N) is 2. The standard InChI is InChI=1S/C11H17N5O2/c1-2-18-8-5-6(12)10(8)14-9-4-3-7(11(13)17)15-16-9/h3-4,6,8,10H,2,5,12H2,1H3,(H2,13,17)(H,14,16). The number of aromatic nitrogens is 2. The fourth-order valence-electron chi connectivity index (χ4n) is 1.94. The molecule has 2 rings (SSSR count). The van der Waals surface area contributed by atoms with Gasteiger partial charge in [-0.1, -0.05) is 0 Å². The number of nitrogens with one attached hydrogen (secondary N) is 1. The van der Waals surface area contributed by atoms with Gasteiger partial charge in [0.2, 0.25) is 0 Å². The maximum atomic E-state index is 10.9. The lowest BCUT2D eigenvalue weighted by Crippen LogP contribution is -2.60. The summed E-state index contributed by atoms with van der Waals surface area (Å²) in [6.07, 6.45) is 0.931. The minimum absolute atomic E-state index is 0.0266. The van der Waals surface area contributed by atoms with Crippen LogP contribution in [0.25, 0.3) is 0 Å². The van der Waals surface area contributed by atoms with Crippen molar-refractivity contribution in [1.82, 2.24) is 10.2 Å². The highest BCUT2D eigenvalue weighted by Crippen LogP contribution is 2.25. The zero-order valence-electron chi connectivity index (χ0n) is 10.2. The molecule has 0 aromatic carbocycles. The van der Waals surface area contributed by atoms with E-state index >= 15 is 0 Å². The third kappa shape index (κ3) is 2.57. The number of carbonyl (C=O) groups excluding carboxylic acids is 1. The van der Waals surface area contributed by atoms with E-state index in [4.69, 9.17) is 16.2 Å². The average molecular weight is 251 g/mol. The molecule has 1 aliphatic carbocycles. The van der Waals surface area contributed by atoms with Crippen LogP contribution in [0.15, 0.2) is 12.1 Å². The molecule has 1 saturated carbocycles. The molecular weight excluding hydrogens is 234 g/mol. The van der Waals surface area contributed by atoms with Crippen LogP contribution in [0, 0.1) is 0 Å². The molecule has 5 N–H and O–H groups in total. The van der Waals surface area contributed by atoms with E-state index in [1.807, 2.05) is 6.92 Å². The van der Waals surface area contributed by atoms with Crippen molar-refractivity contribution in [1.29, 1.82) is 0 Å². The lowest BCUT2D eigenvalue weighted by Gasteiger charge is -2.42. The van der Waals surface area contributed by atoms with Gasteiger partial charge in [0.1, 0.15) is 5.82 Å². The molecule has 0 bridgehead atoms. The monoisotopic (exact) mass is 251 g/mol. The van der Waals surface area contributed by atoms with Crippen LogP contribution in [0.5, 0.6) is 0 Å². The van der Waals surface area contributed by atoms with Crippen molar-refractivity contribution < 1.29 is 9.53 Å². The van der Waals surface area contributed by atoms with E-state index in [1.165, 1.54) is 6.07 Å². The highest BCUT2D eigenvalue weighted by Gasteiger charge is 2.39. The Morgan fingerprint density at radius 1 is 1.56 bits per heavy atom. The fraction of sp³-hybridized carbons (Fsp3) is 0.545. The van der Waals surface area contributed by atoms with E-state index in [9.17, 15) is 4.79 Å². The summed E-state index contributed by atoms with van der Waals surface area (Å²) in [5.74, 6) is -0.0357. The van der Waals surface area contributed by atoms with E-state index in [1.54, 1.807) is 6.07 Å². The molecule has 1 aromatic rings. The molecule has 7 heteroatoms. The number of primary amides is 1. The van der Waals surface area contributed by atoms with E-state index in [2.05, 4.69) is 15.5 Å². The largest absolute Gasteiger partial charge is 0.376 e. The summed E-state index contributed by atoms with van der Waals surface area (Å²) in [5.41, 5.74) is 11.1. The van der Waals surface area contributed by atoms with Gasteiger partial charge in [-0.3, -0.25) is 4.79 Å². The Morgan fingerprint density at radius 3 is 2.83 bits per heavy atom. The van der Waals surface area contributed by atoms with Crippen LogP contribution < -0.4 is 16.8 Å². The number of rotatable bonds is 5. The van der Waals surface area contributed by atoms with Gasteiger partial charge in [-0.25, -0.2) is 0 Å². The van der Waals surface area contributed by atoms with Crippen molar-refractivity contribution >= 4 is 11.7 Å². The zero-order chi connectivity index (χ0) is 13.1. The van der Waals surface area contributed by atoms with Crippen LogP contribution in [-0.4, -0.2) is 40.9 Å². The van der Waals surface area contributed by atoms with E-state index in [0.717, 1.165) is 6.42 Å². The third-order valence-electron chi connectivity index (χ3n) is 2.98. The van der Waals surface area contributed by atoms with Gasteiger partial charge in [-0.15, -0.1) is 10.2 Å². The Labute approximate surface area is 105 Å². The summed E-state index contributed by atoms with van der Waals surface area (Å²) < 4.78 is 5.53. The van der Waals surface area contributed by atoms with Gasteiger partial charge in [0, 0.05) is 12.6 Å². The van der Waals surface area contributed by atoms with Gasteiger partial charge in [-0.2, -0.15) is 0 Å². The predicted molar refractivity (Wildman–Crippen MR) is 66.0 cm³/mol. The number of amides is 1. The molecule has 0 saturated heterocycles. The van der Waals surface area contributed by atoms with Crippen molar-refractivity contribution in [2.75, 3.05) is 11.9 Å². The van der Waals surface area contributed by atoms with Crippen molar-refractivity contribution in [3.8, 4) is 0 Å². The van der Waals surface area contributed by atoms with Crippen molar-refractivity contribution in [3.05, 3.63) is 17.8 Å². The SMILES string of the molecule is CCOC1CC(N)C1Nc1ccc(C(N)=O)nn1. The molecular formula is C11H17N5O2.